The van der Waals surface area contributed by atoms with Crippen LogP contribution >= 0.6 is 0 Å². The van der Waals surface area contributed by atoms with Crippen LogP contribution in [0, 0.1) is 6.92 Å². The first kappa shape index (κ1) is 12.3. The van der Waals surface area contributed by atoms with Crippen LogP contribution in [-0.2, 0) is 16.1 Å². The third-order valence-electron chi connectivity index (χ3n) is 2.65. The Morgan fingerprint density at radius 1 is 1.39 bits per heavy atom. The second-order valence-corrected chi connectivity index (χ2v) is 3.87. The molecule has 0 aliphatic carbocycles. The molecule has 1 aromatic carbocycles. The van der Waals surface area contributed by atoms with Gasteiger partial charge >= 0.3 is 5.97 Å². The lowest BCUT2D eigenvalue weighted by atomic mass is 10.2. The van der Waals surface area contributed by atoms with Gasteiger partial charge in [0.05, 0.1) is 17.5 Å². The first-order valence-electron chi connectivity index (χ1n) is 5.75. The van der Waals surface area contributed by atoms with Gasteiger partial charge in [-0.2, -0.15) is 0 Å². The zero-order chi connectivity index (χ0) is 13.1. The van der Waals surface area contributed by atoms with E-state index in [0.29, 0.717) is 23.3 Å². The van der Waals surface area contributed by atoms with E-state index in [-0.39, 0.29) is 12.1 Å². The second kappa shape index (κ2) is 5.00. The molecule has 0 saturated carbocycles. The number of nitrogens with zero attached hydrogens (tertiary/aromatic N) is 2. The second-order valence-electron chi connectivity index (χ2n) is 3.87. The number of aromatic nitrogens is 2. The molecule has 0 amide bonds. The number of aryl methyl sites for hydroxylation is 1. The lowest BCUT2D eigenvalue weighted by Gasteiger charge is -2.09. The minimum atomic E-state index is -0.431. The maximum absolute atomic E-state index is 12.2. The highest BCUT2D eigenvalue weighted by Crippen LogP contribution is 2.07. The lowest BCUT2D eigenvalue weighted by Crippen LogP contribution is -2.28. The van der Waals surface area contributed by atoms with Gasteiger partial charge in [-0.15, -0.1) is 0 Å². The van der Waals surface area contributed by atoms with Crippen molar-refractivity contribution >= 4 is 16.9 Å². The molecule has 0 radical (unpaired) electrons. The molecule has 5 heteroatoms. The van der Waals surface area contributed by atoms with Crippen molar-refractivity contribution in [1.82, 2.24) is 9.55 Å². The molecule has 0 atom stereocenters. The highest BCUT2D eigenvalue weighted by molar-refractivity contribution is 5.78. The third-order valence-corrected chi connectivity index (χ3v) is 2.65. The van der Waals surface area contributed by atoms with Gasteiger partial charge in [0.25, 0.3) is 5.56 Å². The van der Waals surface area contributed by atoms with Crippen LogP contribution in [-0.4, -0.2) is 22.1 Å². The van der Waals surface area contributed by atoms with E-state index < -0.39 is 5.97 Å². The van der Waals surface area contributed by atoms with Crippen molar-refractivity contribution in [2.75, 3.05) is 6.61 Å². The van der Waals surface area contributed by atoms with Crippen molar-refractivity contribution in [2.45, 2.75) is 20.4 Å². The Bertz CT molecular complexity index is 646. The molecule has 0 aliphatic rings. The van der Waals surface area contributed by atoms with Crippen LogP contribution in [0.15, 0.2) is 29.1 Å². The summed E-state index contributed by atoms with van der Waals surface area (Å²) in [5.74, 6) is 0.0755. The topological polar surface area (TPSA) is 61.2 Å². The van der Waals surface area contributed by atoms with Crippen LogP contribution in [0.4, 0.5) is 0 Å². The zero-order valence-corrected chi connectivity index (χ0v) is 10.3. The average Bonchev–Trinajstić information content (AvgIpc) is 2.35. The number of carbonyl (C=O) groups is 1. The van der Waals surface area contributed by atoms with Crippen LogP contribution in [0.25, 0.3) is 10.9 Å². The molecule has 2 rings (SSSR count). The van der Waals surface area contributed by atoms with Crippen molar-refractivity contribution in [3.63, 3.8) is 0 Å². The van der Waals surface area contributed by atoms with E-state index in [4.69, 9.17) is 4.74 Å². The fourth-order valence-electron chi connectivity index (χ4n) is 1.80. The minimum Gasteiger partial charge on any atom is -0.465 e. The number of carbonyl (C=O) groups excluding carboxylic acids is 1. The number of benzene rings is 1. The Balaban J connectivity index is 2.51. The van der Waals surface area contributed by atoms with Crippen LogP contribution < -0.4 is 5.56 Å². The summed E-state index contributed by atoms with van der Waals surface area (Å²) in [5.41, 5.74) is 0.422. The first-order valence-corrected chi connectivity index (χ1v) is 5.75. The number of esters is 1. The summed E-state index contributed by atoms with van der Waals surface area (Å²) in [6, 6.07) is 7.07. The number of fused-ring (bicyclic) bond motifs is 1. The predicted octanol–water partition coefficient (Wildman–Crippen LogP) is 1.27. The van der Waals surface area contributed by atoms with Crippen molar-refractivity contribution < 1.29 is 9.53 Å². The monoisotopic (exact) mass is 246 g/mol. The summed E-state index contributed by atoms with van der Waals surface area (Å²) < 4.78 is 6.18. The smallest absolute Gasteiger partial charge is 0.326 e. The standard InChI is InChI=1S/C13H14N2O3/c1-3-18-12(16)8-15-9(2)14-11-7-5-4-6-10(11)13(15)17/h4-7H,3,8H2,1-2H3. The van der Waals surface area contributed by atoms with E-state index >= 15 is 0 Å². The Hall–Kier alpha value is -2.17. The molecule has 94 valence electrons. The summed E-state index contributed by atoms with van der Waals surface area (Å²) >= 11 is 0. The van der Waals surface area contributed by atoms with Gasteiger partial charge in [-0.3, -0.25) is 14.2 Å². The largest absolute Gasteiger partial charge is 0.465 e. The molecule has 0 spiro atoms. The lowest BCUT2D eigenvalue weighted by molar-refractivity contribution is -0.143. The summed E-state index contributed by atoms with van der Waals surface area (Å²) in [6.07, 6.45) is 0. The molecule has 2 aromatic rings. The summed E-state index contributed by atoms with van der Waals surface area (Å²) in [7, 11) is 0. The predicted molar refractivity (Wildman–Crippen MR) is 67.4 cm³/mol. The molecule has 0 saturated heterocycles. The Labute approximate surface area is 104 Å². The molecule has 0 N–H and O–H groups in total. The number of rotatable bonds is 3. The average molecular weight is 246 g/mol. The molecule has 1 heterocycles. The van der Waals surface area contributed by atoms with Gasteiger partial charge in [0.2, 0.25) is 0 Å². The number of hydrogen-bond donors (Lipinski definition) is 0. The Morgan fingerprint density at radius 2 is 2.11 bits per heavy atom. The van der Waals surface area contributed by atoms with Crippen molar-refractivity contribution in [1.29, 1.82) is 0 Å². The minimum absolute atomic E-state index is 0.101. The van der Waals surface area contributed by atoms with Crippen LogP contribution in [0.1, 0.15) is 12.7 Å². The summed E-state index contributed by atoms with van der Waals surface area (Å²) in [4.78, 5) is 28.0. The van der Waals surface area contributed by atoms with E-state index in [2.05, 4.69) is 4.98 Å². The van der Waals surface area contributed by atoms with Gasteiger partial charge in [0, 0.05) is 0 Å². The van der Waals surface area contributed by atoms with Crippen molar-refractivity contribution in [3.05, 3.63) is 40.4 Å². The number of ether oxygens (including phenoxy) is 1. The van der Waals surface area contributed by atoms with Gasteiger partial charge in [-0.25, -0.2) is 4.98 Å². The Kier molecular flexibility index (Phi) is 3.41. The van der Waals surface area contributed by atoms with E-state index in [0.717, 1.165) is 0 Å². The van der Waals surface area contributed by atoms with Gasteiger partial charge in [0.15, 0.2) is 0 Å². The molecule has 5 nitrogen and oxygen atoms in total. The Morgan fingerprint density at radius 3 is 2.83 bits per heavy atom. The molecular formula is C13H14N2O3. The van der Waals surface area contributed by atoms with Crippen LogP contribution in [0.5, 0.6) is 0 Å². The van der Waals surface area contributed by atoms with E-state index in [1.54, 1.807) is 32.0 Å². The molecule has 0 unspecified atom stereocenters. The van der Waals surface area contributed by atoms with E-state index in [1.165, 1.54) is 4.57 Å². The maximum atomic E-state index is 12.2. The molecule has 18 heavy (non-hydrogen) atoms. The molecule has 0 fully saturated rings. The zero-order valence-electron chi connectivity index (χ0n) is 10.3. The number of para-hydroxylation sites is 1. The van der Waals surface area contributed by atoms with Crippen molar-refractivity contribution in [2.24, 2.45) is 0 Å². The summed E-state index contributed by atoms with van der Waals surface area (Å²) in [5, 5.41) is 0.507. The van der Waals surface area contributed by atoms with Gasteiger partial charge in [-0.05, 0) is 26.0 Å². The quantitative estimate of drug-likeness (QED) is 0.765. The van der Waals surface area contributed by atoms with Crippen molar-refractivity contribution in [3.8, 4) is 0 Å². The SMILES string of the molecule is CCOC(=O)Cn1c(C)nc2ccccc2c1=O. The fourth-order valence-corrected chi connectivity index (χ4v) is 1.80. The van der Waals surface area contributed by atoms with Gasteiger partial charge in [-0.1, -0.05) is 12.1 Å². The molecule has 0 aliphatic heterocycles. The third kappa shape index (κ3) is 2.25. The molecule has 1 aromatic heterocycles. The number of hydrogen-bond acceptors (Lipinski definition) is 4. The normalized spacial score (nSPS) is 10.6. The first-order chi connectivity index (χ1) is 8.63. The maximum Gasteiger partial charge on any atom is 0.326 e. The van der Waals surface area contributed by atoms with Crippen LogP contribution in [0.3, 0.4) is 0 Å². The van der Waals surface area contributed by atoms with Crippen LogP contribution in [0.2, 0.25) is 0 Å². The van der Waals surface area contributed by atoms with E-state index in [9.17, 15) is 9.59 Å². The molecule has 0 bridgehead atoms. The highest BCUT2D eigenvalue weighted by Gasteiger charge is 2.11. The fraction of sp³-hybridized carbons (Fsp3) is 0.308. The highest BCUT2D eigenvalue weighted by atomic mass is 16.5. The molecular weight excluding hydrogens is 232 g/mol. The van der Waals surface area contributed by atoms with Gasteiger partial charge < -0.3 is 4.74 Å². The summed E-state index contributed by atoms with van der Waals surface area (Å²) in [6.45, 7) is 3.63. The van der Waals surface area contributed by atoms with E-state index in [1.807, 2.05) is 6.07 Å². The van der Waals surface area contributed by atoms with Gasteiger partial charge in [0.1, 0.15) is 12.4 Å².